The Bertz CT molecular complexity index is 428. The molecule has 0 aromatic heterocycles. The highest BCUT2D eigenvalue weighted by molar-refractivity contribution is 5.98. The molecular formula is C12H13NO2. The highest BCUT2D eigenvalue weighted by Gasteiger charge is 2.37. The zero-order chi connectivity index (χ0) is 10.4. The van der Waals surface area contributed by atoms with Crippen molar-refractivity contribution in [2.75, 3.05) is 11.5 Å². The van der Waals surface area contributed by atoms with Crippen LogP contribution in [-0.2, 0) is 4.79 Å². The van der Waals surface area contributed by atoms with Gasteiger partial charge in [0.25, 0.3) is 0 Å². The van der Waals surface area contributed by atoms with Gasteiger partial charge in [-0.3, -0.25) is 4.79 Å². The molecule has 3 rings (SSSR count). The van der Waals surface area contributed by atoms with E-state index in [4.69, 9.17) is 4.74 Å². The normalized spacial score (nSPS) is 23.4. The average molecular weight is 203 g/mol. The van der Waals surface area contributed by atoms with Gasteiger partial charge in [0.05, 0.1) is 11.7 Å². The van der Waals surface area contributed by atoms with E-state index in [1.54, 1.807) is 0 Å². The Morgan fingerprint density at radius 3 is 3.20 bits per heavy atom. The maximum atomic E-state index is 11.8. The summed E-state index contributed by atoms with van der Waals surface area (Å²) in [4.78, 5) is 13.7. The molecular weight excluding hydrogens is 190 g/mol. The van der Waals surface area contributed by atoms with Crippen molar-refractivity contribution in [3.05, 3.63) is 23.8 Å². The number of aryl methyl sites for hydroxylation is 1. The van der Waals surface area contributed by atoms with E-state index in [2.05, 4.69) is 0 Å². The van der Waals surface area contributed by atoms with E-state index in [1.165, 1.54) is 0 Å². The zero-order valence-electron chi connectivity index (χ0n) is 8.69. The Hall–Kier alpha value is -1.51. The third-order valence-electron chi connectivity index (χ3n) is 3.13. The first-order valence-electron chi connectivity index (χ1n) is 5.31. The number of carbonyl (C=O) groups excluding carboxylic acids is 1. The summed E-state index contributed by atoms with van der Waals surface area (Å²) in [5, 5.41) is 0. The van der Waals surface area contributed by atoms with E-state index >= 15 is 0 Å². The van der Waals surface area contributed by atoms with Crippen LogP contribution in [-0.4, -0.2) is 18.6 Å². The lowest BCUT2D eigenvalue weighted by Gasteiger charge is -2.32. The molecule has 1 aromatic rings. The topological polar surface area (TPSA) is 29.5 Å². The molecule has 3 heteroatoms. The minimum Gasteiger partial charge on any atom is -0.489 e. The number of hydrogen-bond acceptors (Lipinski definition) is 2. The number of ether oxygens (including phenoxy) is 1. The number of amides is 1. The highest BCUT2D eigenvalue weighted by atomic mass is 16.5. The van der Waals surface area contributed by atoms with E-state index in [1.807, 2.05) is 30.0 Å². The average Bonchev–Trinajstić information content (AvgIpc) is 2.60. The molecule has 1 aromatic carbocycles. The van der Waals surface area contributed by atoms with Crippen LogP contribution in [0.3, 0.4) is 0 Å². The molecule has 0 bridgehead atoms. The Morgan fingerprint density at radius 1 is 1.47 bits per heavy atom. The second kappa shape index (κ2) is 2.99. The van der Waals surface area contributed by atoms with Gasteiger partial charge in [-0.05, 0) is 31.0 Å². The molecule has 3 nitrogen and oxygen atoms in total. The molecule has 0 N–H and O–H groups in total. The fraction of sp³-hybridized carbons (Fsp3) is 0.417. The monoisotopic (exact) mass is 203 g/mol. The van der Waals surface area contributed by atoms with Crippen LogP contribution in [0.4, 0.5) is 5.69 Å². The quantitative estimate of drug-likeness (QED) is 0.644. The minimum atomic E-state index is 0.232. The lowest BCUT2D eigenvalue weighted by molar-refractivity contribution is -0.117. The highest BCUT2D eigenvalue weighted by Crippen LogP contribution is 2.38. The van der Waals surface area contributed by atoms with Crippen molar-refractivity contribution in [3.63, 3.8) is 0 Å². The molecule has 78 valence electrons. The molecule has 2 heterocycles. The van der Waals surface area contributed by atoms with Gasteiger partial charge in [-0.25, -0.2) is 0 Å². The summed E-state index contributed by atoms with van der Waals surface area (Å²) in [6, 6.07) is 6.25. The van der Waals surface area contributed by atoms with E-state index in [9.17, 15) is 4.79 Å². The van der Waals surface area contributed by atoms with Crippen molar-refractivity contribution in [3.8, 4) is 5.75 Å². The summed E-state index contributed by atoms with van der Waals surface area (Å²) in [5.41, 5.74) is 2.12. The van der Waals surface area contributed by atoms with Crippen LogP contribution in [0.15, 0.2) is 18.2 Å². The van der Waals surface area contributed by atoms with Crippen LogP contribution in [0, 0.1) is 6.92 Å². The Balaban J connectivity index is 2.12. The molecule has 1 fully saturated rings. The van der Waals surface area contributed by atoms with Crippen LogP contribution >= 0.6 is 0 Å². The summed E-state index contributed by atoms with van der Waals surface area (Å²) in [6.07, 6.45) is 1.58. The molecule has 2 aliphatic heterocycles. The van der Waals surface area contributed by atoms with E-state index in [0.717, 1.165) is 23.4 Å². The first-order chi connectivity index (χ1) is 7.25. The smallest absolute Gasteiger partial charge is 0.227 e. The molecule has 1 amide bonds. The van der Waals surface area contributed by atoms with Gasteiger partial charge in [-0.15, -0.1) is 0 Å². The van der Waals surface area contributed by atoms with Crippen molar-refractivity contribution in [2.45, 2.75) is 25.8 Å². The minimum absolute atomic E-state index is 0.232. The van der Waals surface area contributed by atoms with E-state index < -0.39 is 0 Å². The second-order valence-corrected chi connectivity index (χ2v) is 4.24. The van der Waals surface area contributed by atoms with Crippen LogP contribution in [0.25, 0.3) is 0 Å². The lowest BCUT2D eigenvalue weighted by Crippen LogP contribution is -2.40. The molecule has 1 saturated heterocycles. The maximum absolute atomic E-state index is 11.8. The van der Waals surface area contributed by atoms with Crippen LogP contribution < -0.4 is 9.64 Å². The Morgan fingerprint density at radius 2 is 2.33 bits per heavy atom. The van der Waals surface area contributed by atoms with Crippen LogP contribution in [0.1, 0.15) is 18.4 Å². The van der Waals surface area contributed by atoms with Crippen molar-refractivity contribution in [1.29, 1.82) is 0 Å². The first-order valence-corrected chi connectivity index (χ1v) is 5.31. The molecule has 0 saturated carbocycles. The first kappa shape index (κ1) is 8.77. The Labute approximate surface area is 88.6 Å². The predicted octanol–water partition coefficient (Wildman–Crippen LogP) is 1.88. The van der Waals surface area contributed by atoms with Gasteiger partial charge in [0.1, 0.15) is 12.4 Å². The fourth-order valence-corrected chi connectivity index (χ4v) is 2.36. The third kappa shape index (κ3) is 1.23. The number of nitrogens with zero attached hydrogens (tertiary/aromatic N) is 1. The largest absolute Gasteiger partial charge is 0.489 e. The summed E-state index contributed by atoms with van der Waals surface area (Å²) >= 11 is 0. The number of hydrogen-bond donors (Lipinski definition) is 0. The molecule has 0 aliphatic carbocycles. The fourth-order valence-electron chi connectivity index (χ4n) is 2.36. The molecule has 1 atom stereocenters. The van der Waals surface area contributed by atoms with Crippen LogP contribution in [0.5, 0.6) is 5.75 Å². The molecule has 2 aliphatic rings. The third-order valence-corrected chi connectivity index (χ3v) is 3.13. The predicted molar refractivity (Wildman–Crippen MR) is 57.2 cm³/mol. The van der Waals surface area contributed by atoms with Gasteiger partial charge in [0, 0.05) is 6.42 Å². The van der Waals surface area contributed by atoms with Gasteiger partial charge >= 0.3 is 0 Å². The van der Waals surface area contributed by atoms with Crippen molar-refractivity contribution in [2.24, 2.45) is 0 Å². The number of fused-ring (bicyclic) bond motifs is 3. The van der Waals surface area contributed by atoms with Gasteiger partial charge in [-0.2, -0.15) is 0 Å². The SMILES string of the molecule is Cc1ccc2c(c1)N1C(=O)CC[C@@H]1CO2. The lowest BCUT2D eigenvalue weighted by atomic mass is 10.1. The summed E-state index contributed by atoms with van der Waals surface area (Å²) in [7, 11) is 0. The zero-order valence-corrected chi connectivity index (χ0v) is 8.69. The van der Waals surface area contributed by atoms with Crippen molar-refractivity contribution < 1.29 is 9.53 Å². The molecule has 0 radical (unpaired) electrons. The number of carbonyl (C=O) groups is 1. The van der Waals surface area contributed by atoms with Crippen molar-refractivity contribution in [1.82, 2.24) is 0 Å². The number of rotatable bonds is 0. The standard InChI is InChI=1S/C12H13NO2/c1-8-2-4-11-10(6-8)13-9(7-15-11)3-5-12(13)14/h2,4,6,9H,3,5,7H2,1H3/t9-/m1/s1. The van der Waals surface area contributed by atoms with Gasteiger partial charge in [-0.1, -0.05) is 6.07 Å². The summed E-state index contributed by atoms with van der Waals surface area (Å²) in [5.74, 6) is 1.07. The second-order valence-electron chi connectivity index (χ2n) is 4.24. The molecule has 0 spiro atoms. The van der Waals surface area contributed by atoms with E-state index in [-0.39, 0.29) is 11.9 Å². The molecule has 0 unspecified atom stereocenters. The van der Waals surface area contributed by atoms with Crippen LogP contribution in [0.2, 0.25) is 0 Å². The van der Waals surface area contributed by atoms with Gasteiger partial charge < -0.3 is 9.64 Å². The summed E-state index contributed by atoms with van der Waals surface area (Å²) in [6.45, 7) is 2.67. The van der Waals surface area contributed by atoms with Gasteiger partial charge in [0.15, 0.2) is 0 Å². The summed E-state index contributed by atoms with van der Waals surface area (Å²) < 4.78 is 5.65. The van der Waals surface area contributed by atoms with Gasteiger partial charge in [0.2, 0.25) is 5.91 Å². The Kier molecular flexibility index (Phi) is 1.75. The van der Waals surface area contributed by atoms with E-state index in [0.29, 0.717) is 13.0 Å². The maximum Gasteiger partial charge on any atom is 0.227 e. The molecule has 15 heavy (non-hydrogen) atoms. The number of benzene rings is 1. The number of anilines is 1. The van der Waals surface area contributed by atoms with Crippen molar-refractivity contribution >= 4 is 11.6 Å².